The minimum absolute atomic E-state index is 0.0641. The molecule has 2 aromatic rings. The zero-order valence-electron chi connectivity index (χ0n) is 16.3. The highest BCUT2D eigenvalue weighted by molar-refractivity contribution is 6.32. The van der Waals surface area contributed by atoms with Gasteiger partial charge in [-0.15, -0.1) is 0 Å². The normalized spacial score (nSPS) is 16.7. The van der Waals surface area contributed by atoms with E-state index in [4.69, 9.17) is 21.1 Å². The maximum absolute atomic E-state index is 13.3. The molecule has 3 rings (SSSR count). The summed E-state index contributed by atoms with van der Waals surface area (Å²) in [7, 11) is 1.63. The van der Waals surface area contributed by atoms with E-state index in [1.807, 2.05) is 0 Å². The second-order valence-corrected chi connectivity index (χ2v) is 7.81. The molecule has 1 aliphatic carbocycles. The molecule has 1 saturated carbocycles. The number of methoxy groups -OCH3 is 1. The first-order valence-electron chi connectivity index (χ1n) is 9.76. The number of halogens is 3. The van der Waals surface area contributed by atoms with E-state index in [9.17, 15) is 13.6 Å². The molecular formula is C21H25ClF2N2O3. The van der Waals surface area contributed by atoms with Crippen molar-refractivity contribution in [3.8, 4) is 5.88 Å². The molecule has 1 N–H and O–H groups in total. The van der Waals surface area contributed by atoms with Crippen LogP contribution in [-0.2, 0) is 4.74 Å². The number of rotatable bonds is 8. The summed E-state index contributed by atoms with van der Waals surface area (Å²) >= 11 is 6.19. The summed E-state index contributed by atoms with van der Waals surface area (Å²) in [6.45, 7) is 1.44. The number of carbonyl (C=O) groups excluding carboxylic acids is 1. The van der Waals surface area contributed by atoms with E-state index in [0.29, 0.717) is 60.0 Å². The SMILES string of the molecule is COCCCOc1ccc2c(C(=O)NCC3CCC(F)(F)CC3)cc(Cl)cc2n1. The lowest BCUT2D eigenvalue weighted by Crippen LogP contribution is -2.34. The monoisotopic (exact) mass is 426 g/mol. The van der Waals surface area contributed by atoms with Crippen LogP contribution >= 0.6 is 11.6 Å². The van der Waals surface area contributed by atoms with Gasteiger partial charge in [-0.25, -0.2) is 13.8 Å². The molecule has 0 spiro atoms. The van der Waals surface area contributed by atoms with Crippen molar-refractivity contribution in [3.63, 3.8) is 0 Å². The van der Waals surface area contributed by atoms with Crippen LogP contribution < -0.4 is 10.1 Å². The summed E-state index contributed by atoms with van der Waals surface area (Å²) < 4.78 is 37.2. The molecule has 0 aliphatic heterocycles. The molecular weight excluding hydrogens is 402 g/mol. The summed E-state index contributed by atoms with van der Waals surface area (Å²) in [5.74, 6) is -2.34. The number of amides is 1. The standard InChI is InChI=1S/C21H25ClF2N2O3/c1-28-9-2-10-29-19-4-3-16-17(11-15(22)12-18(16)26-19)20(27)25-13-14-5-7-21(23,24)8-6-14/h3-4,11-12,14H,2,5-10,13H2,1H3,(H,25,27). The van der Waals surface area contributed by atoms with Gasteiger partial charge in [0.1, 0.15) is 0 Å². The minimum Gasteiger partial charge on any atom is -0.478 e. The molecule has 1 amide bonds. The first kappa shape index (κ1) is 21.7. The lowest BCUT2D eigenvalue weighted by molar-refractivity contribution is -0.0452. The van der Waals surface area contributed by atoms with Gasteiger partial charge in [0.05, 0.1) is 17.7 Å². The lowest BCUT2D eigenvalue weighted by Gasteiger charge is -2.28. The Labute approximate surface area is 173 Å². The quantitative estimate of drug-likeness (QED) is 0.612. The molecule has 1 aromatic carbocycles. The van der Waals surface area contributed by atoms with Crippen LogP contribution in [0, 0.1) is 5.92 Å². The van der Waals surface area contributed by atoms with Crippen molar-refractivity contribution in [1.82, 2.24) is 10.3 Å². The number of nitrogens with one attached hydrogen (secondary N) is 1. The third kappa shape index (κ3) is 6.00. The first-order chi connectivity index (χ1) is 13.9. The topological polar surface area (TPSA) is 60.5 Å². The van der Waals surface area contributed by atoms with E-state index in [1.165, 1.54) is 0 Å². The van der Waals surface area contributed by atoms with E-state index >= 15 is 0 Å². The van der Waals surface area contributed by atoms with Crippen LogP contribution in [0.2, 0.25) is 5.02 Å². The molecule has 0 atom stereocenters. The molecule has 1 fully saturated rings. The molecule has 158 valence electrons. The summed E-state index contributed by atoms with van der Waals surface area (Å²) in [4.78, 5) is 17.2. The third-order valence-electron chi connectivity index (χ3n) is 5.12. The van der Waals surface area contributed by atoms with E-state index in [-0.39, 0.29) is 24.7 Å². The number of ether oxygens (including phenoxy) is 2. The van der Waals surface area contributed by atoms with Crippen LogP contribution in [0.25, 0.3) is 10.9 Å². The Kier molecular flexibility index (Phi) is 7.24. The zero-order chi connectivity index (χ0) is 20.9. The second kappa shape index (κ2) is 9.67. The van der Waals surface area contributed by atoms with Crippen molar-refractivity contribution in [3.05, 3.63) is 34.9 Å². The largest absolute Gasteiger partial charge is 0.478 e. The number of hydrogen-bond donors (Lipinski definition) is 1. The van der Waals surface area contributed by atoms with E-state index < -0.39 is 5.92 Å². The molecule has 0 radical (unpaired) electrons. The van der Waals surface area contributed by atoms with E-state index in [0.717, 1.165) is 6.42 Å². The number of nitrogens with zero attached hydrogens (tertiary/aromatic N) is 1. The lowest BCUT2D eigenvalue weighted by atomic mass is 9.87. The third-order valence-corrected chi connectivity index (χ3v) is 5.34. The summed E-state index contributed by atoms with van der Waals surface area (Å²) in [5, 5.41) is 3.91. The molecule has 0 unspecified atom stereocenters. The Morgan fingerprint density at radius 2 is 2.03 bits per heavy atom. The van der Waals surface area contributed by atoms with Gasteiger partial charge in [-0.1, -0.05) is 11.6 Å². The average Bonchev–Trinajstić information content (AvgIpc) is 2.69. The fourth-order valence-corrected chi connectivity index (χ4v) is 3.68. The number of benzene rings is 1. The Morgan fingerprint density at radius 1 is 1.28 bits per heavy atom. The van der Waals surface area contributed by atoms with Gasteiger partial charge in [-0.05, 0) is 37.0 Å². The summed E-state index contributed by atoms with van der Waals surface area (Å²) in [6, 6.07) is 6.76. The fourth-order valence-electron chi connectivity index (χ4n) is 3.47. The fraction of sp³-hybridized carbons (Fsp3) is 0.524. The van der Waals surface area contributed by atoms with E-state index in [1.54, 1.807) is 31.4 Å². The van der Waals surface area contributed by atoms with Crippen molar-refractivity contribution in [1.29, 1.82) is 0 Å². The highest BCUT2D eigenvalue weighted by Crippen LogP contribution is 2.35. The first-order valence-corrected chi connectivity index (χ1v) is 10.1. The van der Waals surface area contributed by atoms with Gasteiger partial charge in [-0.3, -0.25) is 4.79 Å². The van der Waals surface area contributed by atoms with Crippen molar-refractivity contribution < 1.29 is 23.0 Å². The van der Waals surface area contributed by atoms with Gasteiger partial charge in [-0.2, -0.15) is 0 Å². The number of aromatic nitrogens is 1. The molecule has 29 heavy (non-hydrogen) atoms. The molecule has 1 heterocycles. The van der Waals surface area contributed by atoms with E-state index in [2.05, 4.69) is 10.3 Å². The minimum atomic E-state index is -2.57. The van der Waals surface area contributed by atoms with Gasteiger partial charge in [0.25, 0.3) is 5.91 Å². The Hall–Kier alpha value is -1.99. The van der Waals surface area contributed by atoms with Crippen molar-refractivity contribution in [2.24, 2.45) is 5.92 Å². The maximum Gasteiger partial charge on any atom is 0.252 e. The van der Waals surface area contributed by atoms with Crippen LogP contribution in [0.1, 0.15) is 42.5 Å². The van der Waals surface area contributed by atoms with Crippen molar-refractivity contribution >= 4 is 28.4 Å². The number of pyridine rings is 1. The van der Waals surface area contributed by atoms with Crippen LogP contribution in [0.3, 0.4) is 0 Å². The molecule has 8 heteroatoms. The van der Waals surface area contributed by atoms with Gasteiger partial charge < -0.3 is 14.8 Å². The molecule has 5 nitrogen and oxygen atoms in total. The highest BCUT2D eigenvalue weighted by Gasteiger charge is 2.34. The molecule has 1 aromatic heterocycles. The van der Waals surface area contributed by atoms with Gasteiger partial charge in [0.15, 0.2) is 0 Å². The summed E-state index contributed by atoms with van der Waals surface area (Å²) in [5.41, 5.74) is 0.969. The second-order valence-electron chi connectivity index (χ2n) is 7.37. The van der Waals surface area contributed by atoms with Crippen molar-refractivity contribution in [2.75, 3.05) is 26.9 Å². The van der Waals surface area contributed by atoms with Gasteiger partial charge in [0.2, 0.25) is 11.8 Å². The summed E-state index contributed by atoms with van der Waals surface area (Å²) in [6.07, 6.45) is 1.33. The average molecular weight is 427 g/mol. The molecule has 0 saturated heterocycles. The Balaban J connectivity index is 1.67. The zero-order valence-corrected chi connectivity index (χ0v) is 17.1. The number of carbonyl (C=O) groups is 1. The number of fused-ring (bicyclic) bond motifs is 1. The number of hydrogen-bond acceptors (Lipinski definition) is 4. The number of alkyl halides is 2. The predicted molar refractivity (Wildman–Crippen MR) is 108 cm³/mol. The van der Waals surface area contributed by atoms with Gasteiger partial charge in [0, 0.05) is 56.0 Å². The van der Waals surface area contributed by atoms with Crippen LogP contribution in [0.15, 0.2) is 24.3 Å². The molecule has 0 bridgehead atoms. The van der Waals surface area contributed by atoms with Crippen LogP contribution in [0.5, 0.6) is 5.88 Å². The van der Waals surface area contributed by atoms with Crippen LogP contribution in [0.4, 0.5) is 8.78 Å². The smallest absolute Gasteiger partial charge is 0.252 e. The highest BCUT2D eigenvalue weighted by atomic mass is 35.5. The predicted octanol–water partition coefficient (Wildman–Crippen LogP) is 4.86. The maximum atomic E-state index is 13.3. The van der Waals surface area contributed by atoms with Crippen LogP contribution in [-0.4, -0.2) is 43.7 Å². The Bertz CT molecular complexity index is 853. The Morgan fingerprint density at radius 3 is 2.76 bits per heavy atom. The molecule has 1 aliphatic rings. The van der Waals surface area contributed by atoms with Crippen molar-refractivity contribution in [2.45, 2.75) is 38.0 Å². The van der Waals surface area contributed by atoms with Gasteiger partial charge >= 0.3 is 0 Å².